The normalized spacial score (nSPS) is 10.8. The first-order chi connectivity index (χ1) is 9.58. The largest absolute Gasteiger partial charge is 0.340 e. The Bertz CT molecular complexity index is 417. The molecule has 0 saturated heterocycles. The van der Waals surface area contributed by atoms with Gasteiger partial charge < -0.3 is 4.90 Å². The lowest BCUT2D eigenvalue weighted by Gasteiger charge is -2.24. The smallest absolute Gasteiger partial charge is 0.236 e. The van der Waals surface area contributed by atoms with E-state index in [-0.39, 0.29) is 11.7 Å². The van der Waals surface area contributed by atoms with Gasteiger partial charge in [-0.05, 0) is 32.0 Å². The van der Waals surface area contributed by atoms with Gasteiger partial charge in [0.15, 0.2) is 0 Å². The standard InChI is InChI=1S/C16H25FN2O/c1-4-10-19(11-5-2)13-16(20)18(3)12-14-8-6-7-9-15(14)17/h6-9H,4-5,10-13H2,1-3H3. The molecule has 0 spiro atoms. The number of rotatable bonds is 8. The zero-order valence-corrected chi connectivity index (χ0v) is 12.7. The Morgan fingerprint density at radius 2 is 1.75 bits per heavy atom. The van der Waals surface area contributed by atoms with Gasteiger partial charge in [-0.1, -0.05) is 32.0 Å². The van der Waals surface area contributed by atoms with Crippen LogP contribution >= 0.6 is 0 Å². The molecular formula is C16H25FN2O. The predicted octanol–water partition coefficient (Wildman–Crippen LogP) is 2.91. The summed E-state index contributed by atoms with van der Waals surface area (Å²) in [5.41, 5.74) is 0.556. The fourth-order valence-electron chi connectivity index (χ4n) is 2.18. The average Bonchev–Trinajstić information content (AvgIpc) is 2.41. The van der Waals surface area contributed by atoms with E-state index in [1.807, 2.05) is 0 Å². The maximum Gasteiger partial charge on any atom is 0.236 e. The first kappa shape index (κ1) is 16.6. The SMILES string of the molecule is CCCN(CCC)CC(=O)N(C)Cc1ccccc1F. The number of carbonyl (C=O) groups excluding carboxylic acids is 1. The first-order valence-corrected chi connectivity index (χ1v) is 7.28. The molecule has 0 fully saturated rings. The molecule has 0 saturated carbocycles. The van der Waals surface area contributed by atoms with Gasteiger partial charge in [-0.2, -0.15) is 0 Å². The zero-order valence-electron chi connectivity index (χ0n) is 12.7. The van der Waals surface area contributed by atoms with Gasteiger partial charge in [-0.15, -0.1) is 0 Å². The van der Waals surface area contributed by atoms with Gasteiger partial charge in [0.2, 0.25) is 5.91 Å². The fourth-order valence-corrected chi connectivity index (χ4v) is 2.18. The van der Waals surface area contributed by atoms with Gasteiger partial charge in [0.05, 0.1) is 6.54 Å². The highest BCUT2D eigenvalue weighted by molar-refractivity contribution is 5.78. The topological polar surface area (TPSA) is 23.6 Å². The van der Waals surface area contributed by atoms with E-state index in [2.05, 4.69) is 18.7 Å². The van der Waals surface area contributed by atoms with Crippen LogP contribution in [0.4, 0.5) is 4.39 Å². The second-order valence-corrected chi connectivity index (χ2v) is 5.12. The van der Waals surface area contributed by atoms with Gasteiger partial charge in [0.25, 0.3) is 0 Å². The highest BCUT2D eigenvalue weighted by Gasteiger charge is 2.14. The van der Waals surface area contributed by atoms with E-state index in [1.54, 1.807) is 30.1 Å². The van der Waals surface area contributed by atoms with E-state index < -0.39 is 0 Å². The molecule has 20 heavy (non-hydrogen) atoms. The van der Waals surface area contributed by atoms with Crippen molar-refractivity contribution in [1.82, 2.24) is 9.80 Å². The first-order valence-electron chi connectivity index (χ1n) is 7.28. The van der Waals surface area contributed by atoms with E-state index >= 15 is 0 Å². The summed E-state index contributed by atoms with van der Waals surface area (Å²) in [4.78, 5) is 15.9. The van der Waals surface area contributed by atoms with Gasteiger partial charge in [-0.3, -0.25) is 9.69 Å². The van der Waals surface area contributed by atoms with Crippen LogP contribution in [0, 0.1) is 5.82 Å². The third-order valence-corrected chi connectivity index (χ3v) is 3.23. The number of hydrogen-bond acceptors (Lipinski definition) is 2. The molecule has 0 aliphatic carbocycles. The molecule has 0 aliphatic heterocycles. The maximum absolute atomic E-state index is 13.6. The number of halogens is 1. The van der Waals surface area contributed by atoms with Crippen LogP contribution in [-0.4, -0.2) is 42.4 Å². The molecule has 3 nitrogen and oxygen atoms in total. The molecule has 0 aliphatic rings. The molecule has 0 N–H and O–H groups in total. The minimum atomic E-state index is -0.258. The second-order valence-electron chi connectivity index (χ2n) is 5.12. The summed E-state index contributed by atoms with van der Waals surface area (Å²) in [6.45, 7) is 6.79. The molecule has 0 atom stereocenters. The van der Waals surface area contributed by atoms with Gasteiger partial charge in [-0.25, -0.2) is 4.39 Å². The van der Waals surface area contributed by atoms with E-state index in [1.165, 1.54) is 6.07 Å². The van der Waals surface area contributed by atoms with Crippen molar-refractivity contribution >= 4 is 5.91 Å². The van der Waals surface area contributed by atoms with Crippen molar-refractivity contribution in [3.63, 3.8) is 0 Å². The monoisotopic (exact) mass is 280 g/mol. The van der Waals surface area contributed by atoms with Crippen molar-refractivity contribution in [3.05, 3.63) is 35.6 Å². The molecule has 0 aromatic heterocycles. The molecule has 1 amide bonds. The highest BCUT2D eigenvalue weighted by atomic mass is 19.1. The lowest BCUT2D eigenvalue weighted by atomic mass is 10.2. The Labute approximate surface area is 121 Å². The van der Waals surface area contributed by atoms with Gasteiger partial charge in [0, 0.05) is 19.2 Å². The molecule has 112 valence electrons. The minimum absolute atomic E-state index is 0.0372. The molecule has 1 rings (SSSR count). The summed E-state index contributed by atoms with van der Waals surface area (Å²) in [6, 6.07) is 6.59. The van der Waals surface area contributed by atoms with Crippen molar-refractivity contribution in [2.24, 2.45) is 0 Å². The van der Waals surface area contributed by atoms with E-state index in [4.69, 9.17) is 0 Å². The molecule has 0 heterocycles. The minimum Gasteiger partial charge on any atom is -0.340 e. The van der Waals surface area contributed by atoms with Crippen LogP contribution in [0.3, 0.4) is 0 Å². The number of likely N-dealkylation sites (N-methyl/N-ethyl adjacent to an activating group) is 1. The van der Waals surface area contributed by atoms with Crippen LogP contribution in [-0.2, 0) is 11.3 Å². The molecule has 0 bridgehead atoms. The summed E-state index contributed by atoms with van der Waals surface area (Å²) in [7, 11) is 1.73. The van der Waals surface area contributed by atoms with Crippen molar-refractivity contribution in [3.8, 4) is 0 Å². The Morgan fingerprint density at radius 3 is 2.30 bits per heavy atom. The number of hydrogen-bond donors (Lipinski definition) is 0. The quantitative estimate of drug-likeness (QED) is 0.731. The third-order valence-electron chi connectivity index (χ3n) is 3.23. The number of nitrogens with zero attached hydrogens (tertiary/aromatic N) is 2. The molecule has 1 aromatic carbocycles. The summed E-state index contributed by atoms with van der Waals surface area (Å²) in [5.74, 6) is -0.221. The summed E-state index contributed by atoms with van der Waals surface area (Å²) in [6.07, 6.45) is 2.06. The van der Waals surface area contributed by atoms with E-state index in [0.717, 1.165) is 25.9 Å². The molecule has 0 unspecified atom stereocenters. The Hall–Kier alpha value is -1.42. The maximum atomic E-state index is 13.6. The lowest BCUT2D eigenvalue weighted by molar-refractivity contribution is -0.131. The van der Waals surface area contributed by atoms with Gasteiger partial charge in [0.1, 0.15) is 5.82 Å². The van der Waals surface area contributed by atoms with Crippen LogP contribution in [0.5, 0.6) is 0 Å². The van der Waals surface area contributed by atoms with Crippen LogP contribution in [0.2, 0.25) is 0 Å². The van der Waals surface area contributed by atoms with Crippen molar-refractivity contribution in [2.45, 2.75) is 33.2 Å². The molecule has 0 radical (unpaired) electrons. The lowest BCUT2D eigenvalue weighted by Crippen LogP contribution is -2.39. The van der Waals surface area contributed by atoms with Crippen molar-refractivity contribution in [1.29, 1.82) is 0 Å². The van der Waals surface area contributed by atoms with E-state index in [0.29, 0.717) is 18.7 Å². The zero-order chi connectivity index (χ0) is 15.0. The van der Waals surface area contributed by atoms with Crippen LogP contribution in [0.1, 0.15) is 32.3 Å². The Morgan fingerprint density at radius 1 is 1.15 bits per heavy atom. The summed E-state index contributed by atoms with van der Waals surface area (Å²) >= 11 is 0. The highest BCUT2D eigenvalue weighted by Crippen LogP contribution is 2.09. The summed E-state index contributed by atoms with van der Waals surface area (Å²) < 4.78 is 13.6. The van der Waals surface area contributed by atoms with Gasteiger partial charge >= 0.3 is 0 Å². The van der Waals surface area contributed by atoms with Crippen molar-refractivity contribution in [2.75, 3.05) is 26.7 Å². The predicted molar refractivity (Wildman–Crippen MR) is 79.9 cm³/mol. The Balaban J connectivity index is 2.56. The average molecular weight is 280 g/mol. The second kappa shape index (κ2) is 8.69. The van der Waals surface area contributed by atoms with Crippen LogP contribution in [0.25, 0.3) is 0 Å². The van der Waals surface area contributed by atoms with Crippen molar-refractivity contribution < 1.29 is 9.18 Å². The molecular weight excluding hydrogens is 255 g/mol. The number of benzene rings is 1. The third kappa shape index (κ3) is 5.29. The number of carbonyl (C=O) groups is 1. The van der Waals surface area contributed by atoms with E-state index in [9.17, 15) is 9.18 Å². The summed E-state index contributed by atoms with van der Waals surface area (Å²) in [5, 5.41) is 0. The fraction of sp³-hybridized carbons (Fsp3) is 0.562. The Kier molecular flexibility index (Phi) is 7.23. The van der Waals surface area contributed by atoms with Crippen LogP contribution < -0.4 is 0 Å². The number of amides is 1. The molecule has 4 heteroatoms. The van der Waals surface area contributed by atoms with Crippen LogP contribution in [0.15, 0.2) is 24.3 Å². The molecule has 1 aromatic rings.